The molecule has 0 aliphatic heterocycles. The number of aromatic hydroxyl groups is 1. The second kappa shape index (κ2) is 10.8. The summed E-state index contributed by atoms with van der Waals surface area (Å²) in [6.07, 6.45) is 1.35. The number of ether oxygens (including phenoxy) is 1. The molecule has 0 unspecified atom stereocenters. The molecule has 0 fully saturated rings. The van der Waals surface area contributed by atoms with E-state index < -0.39 is 23.4 Å². The quantitative estimate of drug-likeness (QED) is 0.206. The van der Waals surface area contributed by atoms with E-state index in [9.17, 15) is 19.5 Å². The standard InChI is InChI=1S/C25H20BrN5O5/c1-36-19-12-14(11-18(26)22(19)32)13-27-30-25(35)21(28-23(33)15-7-3-2-4-8-15)20-16-9-5-6-10-17(16)24(34)31-29-20/h2-13,21,32H,1H3,(H,28,33)(H,30,35)(H,31,34)/b27-13-/t21-/m0/s1. The largest absolute Gasteiger partial charge is 0.503 e. The van der Waals surface area contributed by atoms with Gasteiger partial charge in [0.25, 0.3) is 17.4 Å². The van der Waals surface area contributed by atoms with Crippen LogP contribution in [0.3, 0.4) is 0 Å². The fourth-order valence-corrected chi connectivity index (χ4v) is 3.94. The maximum atomic E-state index is 13.2. The number of benzene rings is 3. The minimum atomic E-state index is -1.28. The third kappa shape index (κ3) is 5.26. The highest BCUT2D eigenvalue weighted by Gasteiger charge is 2.27. The van der Waals surface area contributed by atoms with E-state index in [0.717, 1.165) is 0 Å². The van der Waals surface area contributed by atoms with Gasteiger partial charge in [0.2, 0.25) is 0 Å². The maximum absolute atomic E-state index is 13.2. The molecule has 0 radical (unpaired) electrons. The minimum absolute atomic E-state index is 0.0709. The number of carbonyl (C=O) groups is 2. The number of aromatic nitrogens is 2. The zero-order valence-electron chi connectivity index (χ0n) is 18.9. The van der Waals surface area contributed by atoms with Crippen LogP contribution in [0.15, 0.2) is 81.1 Å². The number of amides is 2. The average molecular weight is 550 g/mol. The number of hydrogen-bond acceptors (Lipinski definition) is 7. The third-order valence-electron chi connectivity index (χ3n) is 5.23. The van der Waals surface area contributed by atoms with Gasteiger partial charge in [0.15, 0.2) is 17.5 Å². The van der Waals surface area contributed by atoms with Crippen molar-refractivity contribution < 1.29 is 19.4 Å². The first kappa shape index (κ1) is 24.6. The molecule has 4 N–H and O–H groups in total. The normalized spacial score (nSPS) is 11.8. The highest BCUT2D eigenvalue weighted by atomic mass is 79.9. The van der Waals surface area contributed by atoms with E-state index in [1.165, 1.54) is 19.4 Å². The lowest BCUT2D eigenvalue weighted by atomic mass is 10.0. The fourth-order valence-electron chi connectivity index (χ4n) is 3.48. The molecular formula is C25H20BrN5O5. The smallest absolute Gasteiger partial charge is 0.272 e. The van der Waals surface area contributed by atoms with Gasteiger partial charge in [-0.2, -0.15) is 10.2 Å². The molecule has 11 heteroatoms. The maximum Gasteiger partial charge on any atom is 0.272 e. The summed E-state index contributed by atoms with van der Waals surface area (Å²) in [5.74, 6) is -1.05. The van der Waals surface area contributed by atoms with Crippen molar-refractivity contribution in [3.63, 3.8) is 0 Å². The number of hydrazone groups is 1. The molecule has 1 aromatic heterocycles. The topological polar surface area (TPSA) is 146 Å². The van der Waals surface area contributed by atoms with Crippen molar-refractivity contribution in [1.82, 2.24) is 20.9 Å². The molecule has 0 bridgehead atoms. The number of methoxy groups -OCH3 is 1. The van der Waals surface area contributed by atoms with Gasteiger partial charge in [-0.25, -0.2) is 10.5 Å². The molecule has 1 atom stereocenters. The highest BCUT2D eigenvalue weighted by molar-refractivity contribution is 9.10. The number of H-pyrrole nitrogens is 1. The second-order valence-corrected chi connectivity index (χ2v) is 8.40. The molecule has 182 valence electrons. The summed E-state index contributed by atoms with van der Waals surface area (Å²) in [6.45, 7) is 0. The Hall–Kier alpha value is -4.51. The van der Waals surface area contributed by atoms with Crippen LogP contribution < -0.4 is 21.0 Å². The number of rotatable bonds is 7. The summed E-state index contributed by atoms with van der Waals surface area (Å²) in [5.41, 5.74) is 2.99. The van der Waals surface area contributed by atoms with Crippen molar-refractivity contribution in [2.45, 2.75) is 6.04 Å². The van der Waals surface area contributed by atoms with E-state index >= 15 is 0 Å². The molecule has 36 heavy (non-hydrogen) atoms. The molecule has 2 amide bonds. The van der Waals surface area contributed by atoms with Crippen molar-refractivity contribution in [3.05, 3.63) is 98.4 Å². The number of aromatic amines is 1. The van der Waals surface area contributed by atoms with E-state index in [0.29, 0.717) is 26.4 Å². The molecule has 0 aliphatic carbocycles. The Balaban J connectivity index is 1.66. The summed E-state index contributed by atoms with van der Waals surface area (Å²) < 4.78 is 5.49. The molecule has 4 rings (SSSR count). The number of hydrogen-bond donors (Lipinski definition) is 4. The third-order valence-corrected chi connectivity index (χ3v) is 5.84. The van der Waals surface area contributed by atoms with E-state index in [4.69, 9.17) is 4.74 Å². The molecule has 10 nitrogen and oxygen atoms in total. The van der Waals surface area contributed by atoms with Crippen molar-refractivity contribution >= 4 is 44.7 Å². The van der Waals surface area contributed by atoms with Crippen LogP contribution in [-0.4, -0.2) is 40.4 Å². The van der Waals surface area contributed by atoms with Gasteiger partial charge in [-0.15, -0.1) is 0 Å². The van der Waals surface area contributed by atoms with Crippen molar-refractivity contribution in [2.24, 2.45) is 5.10 Å². The number of phenols is 1. The monoisotopic (exact) mass is 549 g/mol. The Morgan fingerprint density at radius 1 is 1.11 bits per heavy atom. The van der Waals surface area contributed by atoms with Crippen molar-refractivity contribution in [2.75, 3.05) is 7.11 Å². The van der Waals surface area contributed by atoms with E-state index in [-0.39, 0.29) is 17.2 Å². The van der Waals surface area contributed by atoms with Crippen LogP contribution in [0, 0.1) is 0 Å². The number of phenolic OH excluding ortho intramolecular Hbond substituents is 1. The predicted molar refractivity (Wildman–Crippen MR) is 137 cm³/mol. The molecular weight excluding hydrogens is 530 g/mol. The lowest BCUT2D eigenvalue weighted by Gasteiger charge is -2.18. The molecule has 1 heterocycles. The summed E-state index contributed by atoms with van der Waals surface area (Å²) >= 11 is 3.23. The number of nitrogens with one attached hydrogen (secondary N) is 3. The van der Waals surface area contributed by atoms with Crippen LogP contribution in [0.5, 0.6) is 11.5 Å². The second-order valence-electron chi connectivity index (χ2n) is 7.54. The van der Waals surface area contributed by atoms with Crippen LogP contribution in [0.4, 0.5) is 0 Å². The van der Waals surface area contributed by atoms with Gasteiger partial charge < -0.3 is 15.2 Å². The highest BCUT2D eigenvalue weighted by Crippen LogP contribution is 2.34. The Kier molecular flexibility index (Phi) is 7.40. The van der Waals surface area contributed by atoms with Gasteiger partial charge in [0.1, 0.15) is 5.69 Å². The lowest BCUT2D eigenvalue weighted by Crippen LogP contribution is -2.40. The molecule has 0 spiro atoms. The van der Waals surface area contributed by atoms with Gasteiger partial charge >= 0.3 is 0 Å². The first-order valence-electron chi connectivity index (χ1n) is 10.6. The summed E-state index contributed by atoms with van der Waals surface area (Å²) in [5, 5.41) is 23.8. The Labute approximate surface area is 213 Å². The fraction of sp³-hybridized carbons (Fsp3) is 0.0800. The van der Waals surface area contributed by atoms with E-state index in [1.807, 2.05) is 0 Å². The Morgan fingerprint density at radius 2 is 1.81 bits per heavy atom. The zero-order valence-corrected chi connectivity index (χ0v) is 20.4. The SMILES string of the molecule is COc1cc(/C=N\NC(=O)[C@@H](NC(=O)c2ccccc2)c2n[nH]c(=O)c3ccccc23)cc(Br)c1O. The van der Waals surface area contributed by atoms with Crippen LogP contribution in [0.25, 0.3) is 10.8 Å². The average Bonchev–Trinajstić information content (AvgIpc) is 2.90. The number of halogens is 1. The Morgan fingerprint density at radius 3 is 2.53 bits per heavy atom. The van der Waals surface area contributed by atoms with Crippen molar-refractivity contribution in [1.29, 1.82) is 0 Å². The first-order valence-corrected chi connectivity index (χ1v) is 11.4. The van der Waals surface area contributed by atoms with Crippen molar-refractivity contribution in [3.8, 4) is 11.5 Å². The zero-order chi connectivity index (χ0) is 25.7. The van der Waals surface area contributed by atoms with E-state index in [1.54, 1.807) is 60.7 Å². The lowest BCUT2D eigenvalue weighted by molar-refractivity contribution is -0.123. The van der Waals surface area contributed by atoms with Gasteiger partial charge in [-0.1, -0.05) is 36.4 Å². The van der Waals surface area contributed by atoms with Gasteiger partial charge in [-0.05, 0) is 51.8 Å². The molecule has 0 saturated heterocycles. The van der Waals surface area contributed by atoms with Crippen LogP contribution in [-0.2, 0) is 4.79 Å². The number of carbonyl (C=O) groups excluding carboxylic acids is 2. The molecule has 0 saturated carbocycles. The van der Waals surface area contributed by atoms with Gasteiger partial charge in [-0.3, -0.25) is 14.4 Å². The minimum Gasteiger partial charge on any atom is -0.503 e. The van der Waals surface area contributed by atoms with Crippen LogP contribution in [0.2, 0.25) is 0 Å². The number of nitrogens with zero attached hydrogens (tertiary/aromatic N) is 2. The van der Waals surface area contributed by atoms with Crippen LogP contribution >= 0.6 is 15.9 Å². The molecule has 3 aromatic carbocycles. The Bertz CT molecular complexity index is 1520. The summed E-state index contributed by atoms with van der Waals surface area (Å²) in [6, 6.07) is 16.9. The number of fused-ring (bicyclic) bond motifs is 1. The van der Waals surface area contributed by atoms with Gasteiger partial charge in [0, 0.05) is 10.9 Å². The van der Waals surface area contributed by atoms with E-state index in [2.05, 4.69) is 42.0 Å². The molecule has 4 aromatic rings. The summed E-state index contributed by atoms with van der Waals surface area (Å²) in [4.78, 5) is 38.4. The predicted octanol–water partition coefficient (Wildman–Crippen LogP) is 3.02. The molecule has 0 aliphatic rings. The van der Waals surface area contributed by atoms with Crippen LogP contribution in [0.1, 0.15) is 27.7 Å². The van der Waals surface area contributed by atoms with Gasteiger partial charge in [0.05, 0.1) is 23.2 Å². The first-order chi connectivity index (χ1) is 17.4. The summed E-state index contributed by atoms with van der Waals surface area (Å²) in [7, 11) is 1.41.